The number of phenols is 1. The molecule has 0 radical (unpaired) electrons. The maximum atomic E-state index is 12.5. The number of nitrogens with one attached hydrogen (secondary N) is 1. The number of amides is 2. The van der Waals surface area contributed by atoms with E-state index in [-0.39, 0.29) is 24.0 Å². The third kappa shape index (κ3) is 2.65. The SMILES string of the molecule is Cc1ccc(NC2CC(=O)N(c3ccc(O)cc3)C2=O)cc1. The van der Waals surface area contributed by atoms with Crippen molar-refractivity contribution >= 4 is 23.2 Å². The summed E-state index contributed by atoms with van der Waals surface area (Å²) in [7, 11) is 0. The Morgan fingerprint density at radius 3 is 2.32 bits per heavy atom. The minimum atomic E-state index is -0.566. The molecule has 1 fully saturated rings. The number of anilines is 2. The van der Waals surface area contributed by atoms with Crippen molar-refractivity contribution in [3.63, 3.8) is 0 Å². The highest BCUT2D eigenvalue weighted by atomic mass is 16.3. The van der Waals surface area contributed by atoms with Gasteiger partial charge in [0.2, 0.25) is 5.91 Å². The van der Waals surface area contributed by atoms with Gasteiger partial charge >= 0.3 is 0 Å². The van der Waals surface area contributed by atoms with Crippen LogP contribution in [0.3, 0.4) is 0 Å². The number of imide groups is 1. The lowest BCUT2D eigenvalue weighted by Gasteiger charge is -2.16. The Labute approximate surface area is 128 Å². The number of aryl methyl sites for hydroxylation is 1. The lowest BCUT2D eigenvalue weighted by Crippen LogP contribution is -2.34. The fourth-order valence-electron chi connectivity index (χ4n) is 2.47. The van der Waals surface area contributed by atoms with Crippen molar-refractivity contribution < 1.29 is 14.7 Å². The molecule has 0 aliphatic carbocycles. The topological polar surface area (TPSA) is 69.6 Å². The Morgan fingerprint density at radius 1 is 1.05 bits per heavy atom. The molecule has 1 unspecified atom stereocenters. The summed E-state index contributed by atoms with van der Waals surface area (Å²) in [5.41, 5.74) is 2.41. The molecule has 2 N–H and O–H groups in total. The Balaban J connectivity index is 1.79. The lowest BCUT2D eigenvalue weighted by molar-refractivity contribution is -0.121. The van der Waals surface area contributed by atoms with Crippen LogP contribution in [0.25, 0.3) is 0 Å². The third-order valence-corrected chi connectivity index (χ3v) is 3.65. The molecule has 0 spiro atoms. The predicted molar refractivity (Wildman–Crippen MR) is 83.8 cm³/mol. The van der Waals surface area contributed by atoms with E-state index in [0.717, 1.165) is 16.2 Å². The summed E-state index contributed by atoms with van der Waals surface area (Å²) in [4.78, 5) is 25.7. The number of nitrogens with zero attached hydrogens (tertiary/aromatic N) is 1. The number of hydrogen-bond donors (Lipinski definition) is 2. The first-order chi connectivity index (χ1) is 10.5. The minimum Gasteiger partial charge on any atom is -0.508 e. The second-order valence-corrected chi connectivity index (χ2v) is 5.35. The highest BCUT2D eigenvalue weighted by Gasteiger charge is 2.39. The van der Waals surface area contributed by atoms with Gasteiger partial charge < -0.3 is 10.4 Å². The van der Waals surface area contributed by atoms with Crippen molar-refractivity contribution in [2.75, 3.05) is 10.2 Å². The summed E-state index contributed by atoms with van der Waals surface area (Å²) in [6.07, 6.45) is 0.119. The van der Waals surface area contributed by atoms with Crippen LogP contribution in [-0.4, -0.2) is 23.0 Å². The van der Waals surface area contributed by atoms with Gasteiger partial charge in [0.05, 0.1) is 12.1 Å². The average Bonchev–Trinajstić information content (AvgIpc) is 2.77. The van der Waals surface area contributed by atoms with Crippen LogP contribution in [0, 0.1) is 6.92 Å². The summed E-state index contributed by atoms with van der Waals surface area (Å²) in [6.45, 7) is 1.99. The normalized spacial score (nSPS) is 17.9. The molecule has 22 heavy (non-hydrogen) atoms. The van der Waals surface area contributed by atoms with E-state index < -0.39 is 6.04 Å². The molecule has 1 heterocycles. The first-order valence-corrected chi connectivity index (χ1v) is 7.03. The first kappa shape index (κ1) is 14.1. The second kappa shape index (κ2) is 5.52. The molecule has 1 atom stereocenters. The van der Waals surface area contributed by atoms with Crippen LogP contribution in [0.5, 0.6) is 5.75 Å². The van der Waals surface area contributed by atoms with Crippen molar-refractivity contribution in [1.29, 1.82) is 0 Å². The molecule has 112 valence electrons. The van der Waals surface area contributed by atoms with Gasteiger partial charge in [-0.25, -0.2) is 4.90 Å². The highest BCUT2D eigenvalue weighted by molar-refractivity contribution is 6.23. The van der Waals surface area contributed by atoms with Gasteiger partial charge in [0, 0.05) is 5.69 Å². The van der Waals surface area contributed by atoms with Gasteiger partial charge in [-0.3, -0.25) is 9.59 Å². The summed E-state index contributed by atoms with van der Waals surface area (Å²) >= 11 is 0. The Bertz CT molecular complexity index is 708. The van der Waals surface area contributed by atoms with E-state index >= 15 is 0 Å². The highest BCUT2D eigenvalue weighted by Crippen LogP contribution is 2.26. The molecule has 1 aliphatic heterocycles. The van der Waals surface area contributed by atoms with Crippen molar-refractivity contribution in [3.05, 3.63) is 54.1 Å². The van der Waals surface area contributed by atoms with Crippen molar-refractivity contribution in [1.82, 2.24) is 0 Å². The maximum Gasteiger partial charge on any atom is 0.256 e. The third-order valence-electron chi connectivity index (χ3n) is 3.65. The molecule has 0 aromatic heterocycles. The zero-order valence-electron chi connectivity index (χ0n) is 12.1. The molecule has 2 aromatic carbocycles. The summed E-state index contributed by atoms with van der Waals surface area (Å²) in [5.74, 6) is -0.436. The molecule has 0 bridgehead atoms. The molecule has 2 aromatic rings. The predicted octanol–water partition coefficient (Wildman–Crippen LogP) is 2.44. The number of aromatic hydroxyl groups is 1. The van der Waals surface area contributed by atoms with Gasteiger partial charge in [0.1, 0.15) is 11.8 Å². The molecule has 5 heteroatoms. The van der Waals surface area contributed by atoms with Crippen LogP contribution in [0.15, 0.2) is 48.5 Å². The summed E-state index contributed by atoms with van der Waals surface area (Å²) in [5, 5.41) is 12.4. The summed E-state index contributed by atoms with van der Waals surface area (Å²) in [6, 6.07) is 13.1. The first-order valence-electron chi connectivity index (χ1n) is 7.03. The van der Waals surface area contributed by atoms with E-state index in [4.69, 9.17) is 0 Å². The lowest BCUT2D eigenvalue weighted by atomic mass is 10.2. The Hall–Kier alpha value is -2.82. The van der Waals surface area contributed by atoms with E-state index in [9.17, 15) is 14.7 Å². The number of phenolic OH excluding ortho intramolecular Hbond substituents is 1. The molecular formula is C17H16N2O3. The van der Waals surface area contributed by atoms with Crippen LogP contribution >= 0.6 is 0 Å². The van der Waals surface area contributed by atoms with Crippen LogP contribution in [0.1, 0.15) is 12.0 Å². The number of hydrogen-bond acceptors (Lipinski definition) is 4. The fourth-order valence-corrected chi connectivity index (χ4v) is 2.47. The van der Waals surface area contributed by atoms with Gasteiger partial charge in [0.25, 0.3) is 5.91 Å². The standard InChI is InChI=1S/C17H16N2O3/c1-11-2-4-12(5-3-11)18-15-10-16(21)19(17(15)22)13-6-8-14(20)9-7-13/h2-9,15,18,20H,10H2,1H3. The molecule has 1 aliphatic rings. The smallest absolute Gasteiger partial charge is 0.256 e. The number of rotatable bonds is 3. The zero-order chi connectivity index (χ0) is 15.7. The maximum absolute atomic E-state index is 12.5. The van der Waals surface area contributed by atoms with Crippen LogP contribution in [-0.2, 0) is 9.59 Å². The fraction of sp³-hybridized carbons (Fsp3) is 0.176. The van der Waals surface area contributed by atoms with Crippen molar-refractivity contribution in [3.8, 4) is 5.75 Å². The largest absolute Gasteiger partial charge is 0.508 e. The van der Waals surface area contributed by atoms with Gasteiger partial charge in [0.15, 0.2) is 0 Å². The van der Waals surface area contributed by atoms with E-state index in [1.165, 1.54) is 12.1 Å². The zero-order valence-corrected chi connectivity index (χ0v) is 12.1. The average molecular weight is 296 g/mol. The Morgan fingerprint density at radius 2 is 1.68 bits per heavy atom. The van der Waals surface area contributed by atoms with Gasteiger partial charge in [-0.15, -0.1) is 0 Å². The Kier molecular flexibility index (Phi) is 3.55. The summed E-state index contributed by atoms with van der Waals surface area (Å²) < 4.78 is 0. The van der Waals surface area contributed by atoms with Gasteiger partial charge in [-0.05, 0) is 43.3 Å². The van der Waals surface area contributed by atoms with E-state index in [0.29, 0.717) is 5.69 Å². The van der Waals surface area contributed by atoms with E-state index in [1.807, 2.05) is 31.2 Å². The van der Waals surface area contributed by atoms with Crippen LogP contribution in [0.2, 0.25) is 0 Å². The molecular weight excluding hydrogens is 280 g/mol. The van der Waals surface area contributed by atoms with Crippen LogP contribution in [0.4, 0.5) is 11.4 Å². The van der Waals surface area contributed by atoms with Gasteiger partial charge in [-0.1, -0.05) is 17.7 Å². The number of benzene rings is 2. The molecule has 3 rings (SSSR count). The number of carbonyl (C=O) groups is 2. The monoisotopic (exact) mass is 296 g/mol. The van der Waals surface area contributed by atoms with Crippen molar-refractivity contribution in [2.24, 2.45) is 0 Å². The van der Waals surface area contributed by atoms with Gasteiger partial charge in [-0.2, -0.15) is 0 Å². The van der Waals surface area contributed by atoms with E-state index in [2.05, 4.69) is 5.32 Å². The molecule has 0 saturated carbocycles. The molecule has 1 saturated heterocycles. The second-order valence-electron chi connectivity index (χ2n) is 5.35. The van der Waals surface area contributed by atoms with E-state index in [1.54, 1.807) is 12.1 Å². The van der Waals surface area contributed by atoms with Crippen LogP contribution < -0.4 is 10.2 Å². The molecule has 5 nitrogen and oxygen atoms in total. The molecule has 2 amide bonds. The minimum absolute atomic E-state index is 0.0946. The van der Waals surface area contributed by atoms with Crippen molar-refractivity contribution in [2.45, 2.75) is 19.4 Å². The quantitative estimate of drug-likeness (QED) is 0.854. The number of carbonyl (C=O) groups excluding carboxylic acids is 2.